The monoisotopic (exact) mass is 222 g/mol. The zero-order valence-corrected chi connectivity index (χ0v) is 10.2. The lowest BCUT2D eigenvalue weighted by Crippen LogP contribution is -2.37. The maximum Gasteiger partial charge on any atom is 0.0957 e. The molecule has 15 heavy (non-hydrogen) atoms. The van der Waals surface area contributed by atoms with E-state index in [9.17, 15) is 0 Å². The molecule has 2 heterocycles. The minimum absolute atomic E-state index is 0.329. The summed E-state index contributed by atoms with van der Waals surface area (Å²) in [5.41, 5.74) is 1.72. The normalized spacial score (nSPS) is 20.1. The molecule has 0 spiro atoms. The van der Waals surface area contributed by atoms with Gasteiger partial charge in [-0.15, -0.1) is 11.8 Å². The van der Waals surface area contributed by atoms with Gasteiger partial charge in [-0.1, -0.05) is 13.0 Å². The molecular formula is C12H18N2S. The average molecular weight is 222 g/mol. The molecular weight excluding hydrogens is 204 g/mol. The highest BCUT2D eigenvalue weighted by Gasteiger charge is 2.28. The van der Waals surface area contributed by atoms with Gasteiger partial charge in [-0.2, -0.15) is 0 Å². The molecule has 1 saturated heterocycles. The van der Waals surface area contributed by atoms with Crippen molar-refractivity contribution < 1.29 is 0 Å². The molecule has 0 atom stereocenters. The lowest BCUT2D eigenvalue weighted by Gasteiger charge is -2.34. The predicted molar refractivity (Wildman–Crippen MR) is 65.5 cm³/mol. The topological polar surface area (TPSA) is 24.9 Å². The standard InChI is InChI=1S/C12H18N2S/c1-12(5-7-13-8-6-12)10-3-4-11(15-2)14-9-10/h3-4,9,13H,5-8H2,1-2H3. The Hall–Kier alpha value is -0.540. The van der Waals surface area contributed by atoms with Crippen molar-refractivity contribution in [3.05, 3.63) is 23.9 Å². The van der Waals surface area contributed by atoms with Gasteiger partial charge in [-0.05, 0) is 49.2 Å². The van der Waals surface area contributed by atoms with Gasteiger partial charge >= 0.3 is 0 Å². The van der Waals surface area contributed by atoms with Crippen molar-refractivity contribution in [2.24, 2.45) is 0 Å². The number of nitrogens with one attached hydrogen (secondary N) is 1. The lowest BCUT2D eigenvalue weighted by atomic mass is 9.76. The number of hydrogen-bond donors (Lipinski definition) is 1. The van der Waals surface area contributed by atoms with Gasteiger partial charge in [0.25, 0.3) is 0 Å². The minimum Gasteiger partial charge on any atom is -0.317 e. The summed E-state index contributed by atoms with van der Waals surface area (Å²) >= 11 is 1.70. The van der Waals surface area contributed by atoms with Gasteiger partial charge < -0.3 is 5.32 Å². The van der Waals surface area contributed by atoms with Crippen LogP contribution in [0.1, 0.15) is 25.3 Å². The van der Waals surface area contributed by atoms with Crippen LogP contribution in [-0.2, 0) is 5.41 Å². The molecule has 1 fully saturated rings. The fourth-order valence-corrected chi connectivity index (χ4v) is 2.49. The van der Waals surface area contributed by atoms with Gasteiger partial charge in [0.2, 0.25) is 0 Å². The second-order valence-corrected chi connectivity index (χ2v) is 5.23. The zero-order valence-electron chi connectivity index (χ0n) is 9.42. The maximum atomic E-state index is 4.46. The van der Waals surface area contributed by atoms with Gasteiger partial charge in [-0.25, -0.2) is 4.98 Å². The smallest absolute Gasteiger partial charge is 0.0957 e. The third-order valence-electron chi connectivity index (χ3n) is 3.35. The molecule has 1 N–H and O–H groups in total. The Labute approximate surface area is 95.9 Å². The van der Waals surface area contributed by atoms with Gasteiger partial charge in [0.05, 0.1) is 5.03 Å². The SMILES string of the molecule is CSc1ccc(C2(C)CCNCC2)cn1. The minimum atomic E-state index is 0.329. The number of thioether (sulfide) groups is 1. The van der Waals surface area contributed by atoms with Crippen LogP contribution in [0, 0.1) is 0 Å². The first-order valence-corrected chi connectivity index (χ1v) is 6.68. The summed E-state index contributed by atoms with van der Waals surface area (Å²) in [7, 11) is 0. The van der Waals surface area contributed by atoms with Gasteiger partial charge in [0, 0.05) is 6.20 Å². The van der Waals surface area contributed by atoms with E-state index >= 15 is 0 Å². The van der Waals surface area contributed by atoms with E-state index in [1.54, 1.807) is 11.8 Å². The van der Waals surface area contributed by atoms with Crippen LogP contribution < -0.4 is 5.32 Å². The number of nitrogens with zero attached hydrogens (tertiary/aromatic N) is 1. The molecule has 0 aromatic carbocycles. The van der Waals surface area contributed by atoms with Gasteiger partial charge in [0.1, 0.15) is 0 Å². The third kappa shape index (κ3) is 2.34. The van der Waals surface area contributed by atoms with E-state index in [2.05, 4.69) is 41.8 Å². The van der Waals surface area contributed by atoms with Crippen LogP contribution in [0.4, 0.5) is 0 Å². The molecule has 2 rings (SSSR count). The summed E-state index contributed by atoms with van der Waals surface area (Å²) in [4.78, 5) is 4.46. The van der Waals surface area contributed by atoms with Crippen LogP contribution in [0.3, 0.4) is 0 Å². The molecule has 1 aliphatic rings. The third-order valence-corrected chi connectivity index (χ3v) is 4.01. The Morgan fingerprint density at radius 3 is 2.60 bits per heavy atom. The summed E-state index contributed by atoms with van der Waals surface area (Å²) in [6.45, 7) is 4.60. The fraction of sp³-hybridized carbons (Fsp3) is 0.583. The number of hydrogen-bond acceptors (Lipinski definition) is 3. The molecule has 3 heteroatoms. The van der Waals surface area contributed by atoms with Crippen molar-refractivity contribution in [3.63, 3.8) is 0 Å². The molecule has 1 aromatic heterocycles. The highest BCUT2D eigenvalue weighted by molar-refractivity contribution is 7.98. The summed E-state index contributed by atoms with van der Waals surface area (Å²) in [6.07, 6.45) is 6.55. The summed E-state index contributed by atoms with van der Waals surface area (Å²) < 4.78 is 0. The Morgan fingerprint density at radius 2 is 2.07 bits per heavy atom. The molecule has 0 aliphatic carbocycles. The maximum absolute atomic E-state index is 4.46. The molecule has 0 bridgehead atoms. The summed E-state index contributed by atoms with van der Waals surface area (Å²) in [5.74, 6) is 0. The lowest BCUT2D eigenvalue weighted by molar-refractivity contribution is 0.334. The predicted octanol–water partition coefficient (Wildman–Crippen LogP) is 2.44. The Balaban J connectivity index is 2.20. The van der Waals surface area contributed by atoms with E-state index in [1.807, 2.05) is 0 Å². The molecule has 1 aromatic rings. The second kappa shape index (κ2) is 4.54. The number of aromatic nitrogens is 1. The molecule has 0 amide bonds. The van der Waals surface area contributed by atoms with E-state index < -0.39 is 0 Å². The van der Waals surface area contributed by atoms with Crippen LogP contribution in [0.15, 0.2) is 23.4 Å². The van der Waals surface area contributed by atoms with Crippen molar-refractivity contribution >= 4 is 11.8 Å². The van der Waals surface area contributed by atoms with Gasteiger partial charge in [0.15, 0.2) is 0 Å². The molecule has 2 nitrogen and oxygen atoms in total. The van der Waals surface area contributed by atoms with Crippen molar-refractivity contribution in [2.45, 2.75) is 30.2 Å². The Kier molecular flexibility index (Phi) is 3.32. The van der Waals surface area contributed by atoms with Crippen molar-refractivity contribution in [2.75, 3.05) is 19.3 Å². The first kappa shape index (κ1) is 11.0. The van der Waals surface area contributed by atoms with Crippen LogP contribution in [0.5, 0.6) is 0 Å². The van der Waals surface area contributed by atoms with E-state index in [-0.39, 0.29) is 0 Å². The molecule has 0 saturated carbocycles. The Bertz CT molecular complexity index is 315. The zero-order chi connectivity index (χ0) is 10.7. The van der Waals surface area contributed by atoms with E-state index in [4.69, 9.17) is 0 Å². The van der Waals surface area contributed by atoms with Crippen molar-refractivity contribution in [1.82, 2.24) is 10.3 Å². The number of pyridine rings is 1. The average Bonchev–Trinajstić information content (AvgIpc) is 2.30. The van der Waals surface area contributed by atoms with E-state index in [0.29, 0.717) is 5.41 Å². The molecule has 0 radical (unpaired) electrons. The quantitative estimate of drug-likeness (QED) is 0.778. The van der Waals surface area contributed by atoms with Crippen LogP contribution in [0.25, 0.3) is 0 Å². The Morgan fingerprint density at radius 1 is 1.33 bits per heavy atom. The summed E-state index contributed by atoms with van der Waals surface area (Å²) in [5, 5.41) is 4.52. The van der Waals surface area contributed by atoms with E-state index in [1.165, 1.54) is 18.4 Å². The molecule has 1 aliphatic heterocycles. The largest absolute Gasteiger partial charge is 0.317 e. The number of rotatable bonds is 2. The van der Waals surface area contributed by atoms with Crippen LogP contribution in [-0.4, -0.2) is 24.3 Å². The van der Waals surface area contributed by atoms with Crippen molar-refractivity contribution in [1.29, 1.82) is 0 Å². The number of piperidine rings is 1. The first-order valence-electron chi connectivity index (χ1n) is 5.46. The molecule has 82 valence electrons. The van der Waals surface area contributed by atoms with Crippen molar-refractivity contribution in [3.8, 4) is 0 Å². The van der Waals surface area contributed by atoms with Crippen LogP contribution >= 0.6 is 11.8 Å². The van der Waals surface area contributed by atoms with Gasteiger partial charge in [-0.3, -0.25) is 0 Å². The summed E-state index contributed by atoms with van der Waals surface area (Å²) in [6, 6.07) is 4.37. The van der Waals surface area contributed by atoms with Crippen LogP contribution in [0.2, 0.25) is 0 Å². The highest BCUT2D eigenvalue weighted by Crippen LogP contribution is 2.32. The highest BCUT2D eigenvalue weighted by atomic mass is 32.2. The van der Waals surface area contributed by atoms with E-state index in [0.717, 1.165) is 18.1 Å². The first-order chi connectivity index (χ1) is 7.24. The fourth-order valence-electron chi connectivity index (χ4n) is 2.13. The molecule has 0 unspecified atom stereocenters. The second-order valence-electron chi connectivity index (χ2n) is 4.40.